The number of aryl methyl sites for hydroxylation is 1. The van der Waals surface area contributed by atoms with Gasteiger partial charge in [0.2, 0.25) is 0 Å². The molecule has 5 nitrogen and oxygen atoms in total. The number of ether oxygens (including phenoxy) is 1. The molecule has 0 atom stereocenters. The van der Waals surface area contributed by atoms with E-state index in [-0.39, 0.29) is 11.5 Å². The normalized spacial score (nSPS) is 11.5. The Labute approximate surface area is 117 Å². The Morgan fingerprint density at radius 1 is 1.32 bits per heavy atom. The number of carbonyl (C=O) groups is 1. The van der Waals surface area contributed by atoms with E-state index in [0.717, 1.165) is 5.56 Å². The van der Waals surface area contributed by atoms with Gasteiger partial charge in [0.15, 0.2) is 0 Å². The summed E-state index contributed by atoms with van der Waals surface area (Å²) in [5, 5.41) is 0. The van der Waals surface area contributed by atoms with Crippen molar-refractivity contribution < 1.29 is 17.9 Å². The van der Waals surface area contributed by atoms with Crippen LogP contribution in [0.2, 0.25) is 0 Å². The highest BCUT2D eigenvalue weighted by molar-refractivity contribution is 7.90. The molecule has 0 aliphatic carbocycles. The van der Waals surface area contributed by atoms with Crippen molar-refractivity contribution in [3.63, 3.8) is 0 Å². The van der Waals surface area contributed by atoms with Gasteiger partial charge in [0.25, 0.3) is 10.0 Å². The molecule has 0 unspecified atom stereocenters. The molecule has 19 heavy (non-hydrogen) atoms. The smallest absolute Gasteiger partial charge is 0.421 e. The minimum atomic E-state index is -3.89. The predicted octanol–water partition coefficient (Wildman–Crippen LogP) is 2.20. The summed E-state index contributed by atoms with van der Waals surface area (Å²) < 4.78 is 30.0. The van der Waals surface area contributed by atoms with Crippen LogP contribution < -0.4 is 4.72 Å². The molecule has 1 rings (SSSR count). The Kier molecular flexibility index (Phi) is 5.85. The lowest BCUT2D eigenvalue weighted by atomic mass is 10.2. The molecule has 7 heteroatoms. The topological polar surface area (TPSA) is 72.5 Å². The average Bonchev–Trinajstić information content (AvgIpc) is 2.34. The van der Waals surface area contributed by atoms with Crippen LogP contribution >= 0.6 is 11.6 Å². The fourth-order valence-electron chi connectivity index (χ4n) is 1.17. The number of sulfonamides is 1. The summed E-state index contributed by atoms with van der Waals surface area (Å²) in [6, 6.07) is 6.11. The van der Waals surface area contributed by atoms with Crippen molar-refractivity contribution in [1.29, 1.82) is 0 Å². The van der Waals surface area contributed by atoms with E-state index in [1.165, 1.54) is 18.2 Å². The summed E-state index contributed by atoms with van der Waals surface area (Å²) in [6.07, 6.45) is 2.08. The van der Waals surface area contributed by atoms with Gasteiger partial charge < -0.3 is 4.74 Å². The van der Waals surface area contributed by atoms with Crippen molar-refractivity contribution in [2.75, 3.05) is 12.5 Å². The molecule has 104 valence electrons. The summed E-state index contributed by atoms with van der Waals surface area (Å²) in [5.74, 6) is 0.298. The monoisotopic (exact) mass is 303 g/mol. The third-order valence-electron chi connectivity index (χ3n) is 2.12. The molecule has 0 saturated carbocycles. The van der Waals surface area contributed by atoms with Gasteiger partial charge in [-0.3, -0.25) is 0 Å². The van der Waals surface area contributed by atoms with Gasteiger partial charge >= 0.3 is 6.09 Å². The molecular formula is C12H14ClNO4S. The SMILES string of the molecule is Cc1ccc(S(=O)(=O)NC(=O)OC/C=C\CCl)cc1. The molecular weight excluding hydrogens is 290 g/mol. The van der Waals surface area contributed by atoms with Gasteiger partial charge in [0.05, 0.1) is 4.90 Å². The largest absolute Gasteiger partial charge is 0.445 e. The predicted molar refractivity (Wildman–Crippen MR) is 72.7 cm³/mol. The Balaban J connectivity index is 2.62. The van der Waals surface area contributed by atoms with Crippen molar-refractivity contribution in [2.45, 2.75) is 11.8 Å². The first-order valence-corrected chi connectivity index (χ1v) is 7.44. The second kappa shape index (κ2) is 7.16. The standard InChI is InChI=1S/C12H14ClNO4S/c1-10-4-6-11(7-5-10)19(16,17)14-12(15)18-9-3-2-8-13/h2-7H,8-9H2,1H3,(H,14,15)/b3-2-. The van der Waals surface area contributed by atoms with Crippen LogP contribution in [0.4, 0.5) is 4.79 Å². The zero-order valence-electron chi connectivity index (χ0n) is 10.3. The Morgan fingerprint density at radius 3 is 2.53 bits per heavy atom. The van der Waals surface area contributed by atoms with Crippen molar-refractivity contribution in [1.82, 2.24) is 4.72 Å². The molecule has 0 aromatic heterocycles. The zero-order chi connectivity index (χ0) is 14.3. The molecule has 1 N–H and O–H groups in total. The summed E-state index contributed by atoms with van der Waals surface area (Å²) in [5.41, 5.74) is 0.924. The highest BCUT2D eigenvalue weighted by Crippen LogP contribution is 2.09. The molecule has 0 aliphatic heterocycles. The molecule has 1 aromatic rings. The summed E-state index contributed by atoms with van der Waals surface area (Å²) in [6.45, 7) is 1.79. The molecule has 0 spiro atoms. The summed E-state index contributed by atoms with van der Waals surface area (Å²) in [7, 11) is -3.89. The number of alkyl halides is 1. The van der Waals surface area contributed by atoms with Crippen LogP contribution in [0.5, 0.6) is 0 Å². The van der Waals surface area contributed by atoms with Crippen LogP contribution in [0, 0.1) is 6.92 Å². The van der Waals surface area contributed by atoms with E-state index in [2.05, 4.69) is 4.74 Å². The first kappa shape index (κ1) is 15.5. The van der Waals surface area contributed by atoms with Crippen LogP contribution in [0.15, 0.2) is 41.3 Å². The number of hydrogen-bond acceptors (Lipinski definition) is 4. The van der Waals surface area contributed by atoms with Gasteiger partial charge in [-0.15, -0.1) is 11.6 Å². The highest BCUT2D eigenvalue weighted by Gasteiger charge is 2.17. The van der Waals surface area contributed by atoms with Crippen LogP contribution in [-0.4, -0.2) is 27.0 Å². The average molecular weight is 304 g/mol. The highest BCUT2D eigenvalue weighted by atomic mass is 35.5. The molecule has 1 amide bonds. The van der Waals surface area contributed by atoms with E-state index in [1.54, 1.807) is 18.2 Å². The van der Waals surface area contributed by atoms with Crippen molar-refractivity contribution >= 4 is 27.7 Å². The summed E-state index contributed by atoms with van der Waals surface area (Å²) >= 11 is 5.38. The fraction of sp³-hybridized carbons (Fsp3) is 0.250. The number of carbonyl (C=O) groups excluding carboxylic acids is 1. The molecule has 0 radical (unpaired) electrons. The van der Waals surface area contributed by atoms with Crippen molar-refractivity contribution in [3.8, 4) is 0 Å². The van der Waals surface area contributed by atoms with E-state index in [1.807, 2.05) is 11.6 Å². The van der Waals surface area contributed by atoms with E-state index in [4.69, 9.17) is 11.6 Å². The van der Waals surface area contributed by atoms with Gasteiger partial charge in [-0.2, -0.15) is 0 Å². The van der Waals surface area contributed by atoms with Gasteiger partial charge in [-0.05, 0) is 25.1 Å². The third kappa shape index (κ3) is 5.32. The Hall–Kier alpha value is -1.53. The van der Waals surface area contributed by atoms with E-state index in [0.29, 0.717) is 5.88 Å². The second-order valence-electron chi connectivity index (χ2n) is 3.64. The maximum Gasteiger partial charge on any atom is 0.421 e. The quantitative estimate of drug-likeness (QED) is 0.668. The summed E-state index contributed by atoms with van der Waals surface area (Å²) in [4.78, 5) is 11.3. The Bertz CT molecular complexity index is 552. The minimum Gasteiger partial charge on any atom is -0.445 e. The first-order chi connectivity index (χ1) is 8.95. The lowest BCUT2D eigenvalue weighted by Crippen LogP contribution is -2.31. The Morgan fingerprint density at radius 2 is 1.95 bits per heavy atom. The minimum absolute atomic E-state index is 0.00588. The van der Waals surface area contributed by atoms with E-state index < -0.39 is 16.1 Å². The van der Waals surface area contributed by atoms with Crippen LogP contribution in [0.1, 0.15) is 5.56 Å². The first-order valence-electron chi connectivity index (χ1n) is 5.43. The molecule has 0 heterocycles. The van der Waals surface area contributed by atoms with Crippen molar-refractivity contribution in [2.24, 2.45) is 0 Å². The maximum atomic E-state index is 11.8. The zero-order valence-corrected chi connectivity index (χ0v) is 11.9. The number of nitrogens with one attached hydrogen (secondary N) is 1. The van der Waals surface area contributed by atoms with Gasteiger partial charge in [-0.1, -0.05) is 23.8 Å². The van der Waals surface area contributed by atoms with Crippen molar-refractivity contribution in [3.05, 3.63) is 42.0 Å². The lowest BCUT2D eigenvalue weighted by molar-refractivity contribution is 0.165. The molecule has 0 bridgehead atoms. The number of rotatable bonds is 5. The third-order valence-corrected chi connectivity index (χ3v) is 3.62. The number of hydrogen-bond donors (Lipinski definition) is 1. The number of amides is 1. The number of halogens is 1. The van der Waals surface area contributed by atoms with E-state index >= 15 is 0 Å². The second-order valence-corrected chi connectivity index (χ2v) is 5.63. The molecule has 1 aromatic carbocycles. The maximum absolute atomic E-state index is 11.8. The fourth-order valence-corrected chi connectivity index (χ4v) is 2.19. The van der Waals surface area contributed by atoms with Crippen LogP contribution in [-0.2, 0) is 14.8 Å². The van der Waals surface area contributed by atoms with Gasteiger partial charge in [-0.25, -0.2) is 17.9 Å². The van der Waals surface area contributed by atoms with E-state index in [9.17, 15) is 13.2 Å². The van der Waals surface area contributed by atoms with Gasteiger partial charge in [0, 0.05) is 5.88 Å². The molecule has 0 fully saturated rings. The van der Waals surface area contributed by atoms with Gasteiger partial charge in [0.1, 0.15) is 6.61 Å². The number of allylic oxidation sites excluding steroid dienone is 1. The lowest BCUT2D eigenvalue weighted by Gasteiger charge is -2.06. The molecule has 0 aliphatic rings. The number of benzene rings is 1. The van der Waals surface area contributed by atoms with Crippen LogP contribution in [0.25, 0.3) is 0 Å². The molecule has 0 saturated heterocycles. The van der Waals surface area contributed by atoms with Crippen LogP contribution in [0.3, 0.4) is 0 Å².